The fourth-order valence-electron chi connectivity index (χ4n) is 5.25. The molecule has 4 nitrogen and oxygen atoms in total. The van der Waals surface area contributed by atoms with Gasteiger partial charge in [-0.1, -0.05) is 36.4 Å². The molecule has 0 radical (unpaired) electrons. The van der Waals surface area contributed by atoms with E-state index in [1.165, 1.54) is 27.8 Å². The zero-order valence-corrected chi connectivity index (χ0v) is 20.1. The highest BCUT2D eigenvalue weighted by molar-refractivity contribution is 5.97. The molecule has 1 saturated heterocycles. The molecule has 0 N–H and O–H groups in total. The molecule has 1 aliphatic rings. The maximum Gasteiger partial charge on any atom is 0.227 e. The van der Waals surface area contributed by atoms with Crippen LogP contribution < -0.4 is 4.90 Å². The van der Waals surface area contributed by atoms with Gasteiger partial charge in [0.1, 0.15) is 5.82 Å². The van der Waals surface area contributed by atoms with Crippen molar-refractivity contribution in [3.63, 3.8) is 0 Å². The average Bonchev–Trinajstić information content (AvgIpc) is 3.36. The van der Waals surface area contributed by atoms with Crippen molar-refractivity contribution >= 4 is 22.6 Å². The van der Waals surface area contributed by atoms with E-state index in [4.69, 9.17) is 4.98 Å². The van der Waals surface area contributed by atoms with E-state index in [0.717, 1.165) is 34.7 Å². The minimum atomic E-state index is 0.0658. The van der Waals surface area contributed by atoms with Crippen molar-refractivity contribution in [2.24, 2.45) is 0 Å². The van der Waals surface area contributed by atoms with Gasteiger partial charge < -0.3 is 9.47 Å². The van der Waals surface area contributed by atoms with Crippen molar-refractivity contribution in [2.45, 2.75) is 53.5 Å². The molecule has 1 aliphatic heterocycles. The first-order valence-corrected chi connectivity index (χ1v) is 11.7. The van der Waals surface area contributed by atoms with Gasteiger partial charge in [0.2, 0.25) is 5.91 Å². The van der Waals surface area contributed by atoms with Crippen LogP contribution in [0.2, 0.25) is 0 Å². The van der Waals surface area contributed by atoms with Crippen LogP contribution in [0.5, 0.6) is 0 Å². The second-order valence-corrected chi connectivity index (χ2v) is 9.48. The van der Waals surface area contributed by atoms with Crippen molar-refractivity contribution in [2.75, 3.05) is 11.4 Å². The highest BCUT2D eigenvalue weighted by Gasteiger charge is 2.35. The minimum absolute atomic E-state index is 0.0658. The number of imidazole rings is 1. The van der Waals surface area contributed by atoms with Gasteiger partial charge in [0, 0.05) is 31.1 Å². The lowest BCUT2D eigenvalue weighted by Gasteiger charge is -2.20. The van der Waals surface area contributed by atoms with Gasteiger partial charge in [-0.25, -0.2) is 4.98 Å². The van der Waals surface area contributed by atoms with Crippen molar-refractivity contribution in [3.05, 3.63) is 93.8 Å². The number of rotatable bonds is 4. The molecule has 2 heterocycles. The Morgan fingerprint density at radius 2 is 1.55 bits per heavy atom. The van der Waals surface area contributed by atoms with Crippen LogP contribution in [0.1, 0.15) is 51.5 Å². The zero-order chi connectivity index (χ0) is 23.3. The summed E-state index contributed by atoms with van der Waals surface area (Å²) in [4.78, 5) is 20.1. The first-order valence-electron chi connectivity index (χ1n) is 11.7. The van der Waals surface area contributed by atoms with E-state index in [-0.39, 0.29) is 11.8 Å². The number of aryl methyl sites for hydroxylation is 3. The molecule has 1 amide bonds. The summed E-state index contributed by atoms with van der Waals surface area (Å²) in [6, 6.07) is 18.7. The predicted octanol–water partition coefficient (Wildman–Crippen LogP) is 6.15. The lowest BCUT2D eigenvalue weighted by atomic mass is 9.94. The molecule has 0 saturated carbocycles. The summed E-state index contributed by atoms with van der Waals surface area (Å²) in [5, 5.41) is 0. The number of anilines is 1. The SMILES string of the molecule is Cc1ccccc1N1CC(c2nc3ccccc3n2Cc2c(C)c(C)cc(C)c2C)CC1=O. The number of amides is 1. The maximum atomic E-state index is 13.1. The summed E-state index contributed by atoms with van der Waals surface area (Å²) in [5.41, 5.74) is 10.9. The highest BCUT2D eigenvalue weighted by Crippen LogP contribution is 2.35. The highest BCUT2D eigenvalue weighted by atomic mass is 16.2. The van der Waals surface area contributed by atoms with Crippen molar-refractivity contribution in [1.82, 2.24) is 9.55 Å². The molecule has 3 aromatic carbocycles. The second-order valence-electron chi connectivity index (χ2n) is 9.48. The third-order valence-corrected chi connectivity index (χ3v) is 7.42. The third-order valence-electron chi connectivity index (χ3n) is 7.42. The fourth-order valence-corrected chi connectivity index (χ4v) is 5.25. The van der Waals surface area contributed by atoms with Gasteiger partial charge in [0.25, 0.3) is 0 Å². The van der Waals surface area contributed by atoms with Gasteiger partial charge in [-0.15, -0.1) is 0 Å². The number of carbonyl (C=O) groups excluding carboxylic acids is 1. The molecule has 4 heteroatoms. The maximum absolute atomic E-state index is 13.1. The molecular formula is C29H31N3O. The van der Waals surface area contributed by atoms with Crippen LogP contribution >= 0.6 is 0 Å². The normalized spacial score (nSPS) is 16.2. The largest absolute Gasteiger partial charge is 0.323 e. The van der Waals surface area contributed by atoms with Crippen LogP contribution in [0.4, 0.5) is 5.69 Å². The molecule has 1 aromatic heterocycles. The molecular weight excluding hydrogens is 406 g/mol. The van der Waals surface area contributed by atoms with Crippen LogP contribution in [-0.2, 0) is 11.3 Å². The standard InChI is InChI=1S/C29H31N3O/c1-18-10-6-8-12-26(18)31-16-23(15-28(31)33)29-30-25-11-7-9-13-27(25)32(29)17-24-21(4)19(2)14-20(3)22(24)5/h6-14,23H,15-17H2,1-5H3. The Bertz CT molecular complexity index is 1360. The summed E-state index contributed by atoms with van der Waals surface area (Å²) in [6.07, 6.45) is 0.489. The number of fused-ring (bicyclic) bond motifs is 1. The van der Waals surface area contributed by atoms with E-state index in [0.29, 0.717) is 13.0 Å². The van der Waals surface area contributed by atoms with E-state index >= 15 is 0 Å². The number of nitrogens with zero attached hydrogens (tertiary/aromatic N) is 3. The first-order chi connectivity index (χ1) is 15.8. The van der Waals surface area contributed by atoms with Crippen molar-refractivity contribution in [1.29, 1.82) is 0 Å². The third kappa shape index (κ3) is 3.64. The smallest absolute Gasteiger partial charge is 0.227 e. The molecule has 1 fully saturated rings. The minimum Gasteiger partial charge on any atom is -0.323 e. The van der Waals surface area contributed by atoms with Crippen LogP contribution in [0.25, 0.3) is 11.0 Å². The first kappa shape index (κ1) is 21.4. The number of aromatic nitrogens is 2. The van der Waals surface area contributed by atoms with Gasteiger partial charge in [0.05, 0.1) is 11.0 Å². The summed E-state index contributed by atoms with van der Waals surface area (Å²) in [6.45, 7) is 12.3. The van der Waals surface area contributed by atoms with E-state index in [1.807, 2.05) is 29.2 Å². The quantitative estimate of drug-likeness (QED) is 0.384. The molecule has 0 aliphatic carbocycles. The van der Waals surface area contributed by atoms with E-state index < -0.39 is 0 Å². The number of carbonyl (C=O) groups is 1. The van der Waals surface area contributed by atoms with Gasteiger partial charge in [-0.2, -0.15) is 0 Å². The average molecular weight is 438 g/mol. The van der Waals surface area contributed by atoms with Gasteiger partial charge in [0.15, 0.2) is 0 Å². The summed E-state index contributed by atoms with van der Waals surface area (Å²) < 4.78 is 2.35. The molecule has 1 atom stereocenters. The molecule has 0 bridgehead atoms. The molecule has 4 aromatic rings. The van der Waals surface area contributed by atoms with Crippen LogP contribution in [-0.4, -0.2) is 22.0 Å². The lowest BCUT2D eigenvalue weighted by molar-refractivity contribution is -0.117. The Morgan fingerprint density at radius 3 is 2.27 bits per heavy atom. The Hall–Kier alpha value is -3.40. The molecule has 0 spiro atoms. The number of hydrogen-bond acceptors (Lipinski definition) is 2. The summed E-state index contributed by atoms with van der Waals surface area (Å²) in [5.74, 6) is 1.25. The zero-order valence-electron chi connectivity index (χ0n) is 20.1. The summed E-state index contributed by atoms with van der Waals surface area (Å²) >= 11 is 0. The molecule has 168 valence electrons. The van der Waals surface area contributed by atoms with Crippen molar-refractivity contribution in [3.8, 4) is 0 Å². The van der Waals surface area contributed by atoms with Crippen LogP contribution in [0.3, 0.4) is 0 Å². The van der Waals surface area contributed by atoms with Gasteiger partial charge in [-0.05, 0) is 86.2 Å². The lowest BCUT2D eigenvalue weighted by Crippen LogP contribution is -2.25. The number of para-hydroxylation sites is 3. The predicted molar refractivity (Wildman–Crippen MR) is 135 cm³/mol. The Kier molecular flexibility index (Phi) is 5.32. The van der Waals surface area contributed by atoms with Crippen molar-refractivity contribution < 1.29 is 4.79 Å². The van der Waals surface area contributed by atoms with Gasteiger partial charge >= 0.3 is 0 Å². The van der Waals surface area contributed by atoms with E-state index in [2.05, 4.69) is 69.5 Å². The number of hydrogen-bond donors (Lipinski definition) is 0. The van der Waals surface area contributed by atoms with Crippen LogP contribution in [0, 0.1) is 34.6 Å². The van der Waals surface area contributed by atoms with Gasteiger partial charge in [-0.3, -0.25) is 4.79 Å². The fraction of sp³-hybridized carbons (Fsp3) is 0.310. The molecule has 1 unspecified atom stereocenters. The Balaban J connectivity index is 1.59. The summed E-state index contributed by atoms with van der Waals surface area (Å²) in [7, 11) is 0. The Labute approximate surface area is 195 Å². The van der Waals surface area contributed by atoms with E-state index in [1.54, 1.807) is 0 Å². The van der Waals surface area contributed by atoms with E-state index in [9.17, 15) is 4.79 Å². The van der Waals surface area contributed by atoms with Crippen LogP contribution in [0.15, 0.2) is 54.6 Å². The monoisotopic (exact) mass is 437 g/mol. The number of benzene rings is 3. The second kappa shape index (κ2) is 8.18. The topological polar surface area (TPSA) is 38.1 Å². The Morgan fingerprint density at radius 1 is 0.879 bits per heavy atom. The molecule has 5 rings (SSSR count). The molecule has 33 heavy (non-hydrogen) atoms.